The van der Waals surface area contributed by atoms with Crippen LogP contribution in [0.15, 0.2) is 41.3 Å². The number of rotatable bonds is 2. The molecule has 0 saturated heterocycles. The van der Waals surface area contributed by atoms with E-state index < -0.39 is 0 Å². The molecular weight excluding hydrogens is 254 g/mol. The molecule has 0 amide bonds. The van der Waals surface area contributed by atoms with Crippen molar-refractivity contribution < 1.29 is 0 Å². The SMILES string of the molecule is Cc1nc(-c2cnn(-c3ccccc3)n2)[nH]c(=O)c1C. The fourth-order valence-electron chi connectivity index (χ4n) is 1.82. The Labute approximate surface area is 115 Å². The number of hydrogen-bond acceptors (Lipinski definition) is 4. The van der Waals surface area contributed by atoms with Gasteiger partial charge in [0.1, 0.15) is 5.69 Å². The summed E-state index contributed by atoms with van der Waals surface area (Å²) in [6.45, 7) is 3.54. The van der Waals surface area contributed by atoms with Gasteiger partial charge >= 0.3 is 0 Å². The third-order valence-corrected chi connectivity index (χ3v) is 3.12. The second-order valence-corrected chi connectivity index (χ2v) is 4.48. The molecule has 0 spiro atoms. The third kappa shape index (κ3) is 2.11. The Morgan fingerprint density at radius 3 is 2.60 bits per heavy atom. The summed E-state index contributed by atoms with van der Waals surface area (Å²) in [5.74, 6) is 0.431. The first-order chi connectivity index (χ1) is 9.65. The lowest BCUT2D eigenvalue weighted by Crippen LogP contribution is -2.14. The fraction of sp³-hybridized carbons (Fsp3) is 0.143. The third-order valence-electron chi connectivity index (χ3n) is 3.12. The zero-order valence-corrected chi connectivity index (χ0v) is 11.2. The molecule has 20 heavy (non-hydrogen) atoms. The summed E-state index contributed by atoms with van der Waals surface area (Å²) in [6, 6.07) is 9.56. The molecule has 6 heteroatoms. The van der Waals surface area contributed by atoms with Gasteiger partial charge in [-0.15, -0.1) is 5.10 Å². The number of para-hydroxylation sites is 1. The van der Waals surface area contributed by atoms with Crippen LogP contribution in [-0.2, 0) is 0 Å². The number of nitrogens with one attached hydrogen (secondary N) is 1. The van der Waals surface area contributed by atoms with Gasteiger partial charge in [-0.3, -0.25) is 4.79 Å². The van der Waals surface area contributed by atoms with Crippen LogP contribution in [0.4, 0.5) is 0 Å². The highest BCUT2D eigenvalue weighted by Gasteiger charge is 2.10. The van der Waals surface area contributed by atoms with E-state index in [0.29, 0.717) is 22.8 Å². The Bertz CT molecular complexity index is 804. The van der Waals surface area contributed by atoms with Crippen molar-refractivity contribution in [1.82, 2.24) is 25.0 Å². The Balaban J connectivity index is 2.05. The Kier molecular flexibility index (Phi) is 2.90. The molecule has 0 saturated carbocycles. The maximum atomic E-state index is 11.8. The van der Waals surface area contributed by atoms with Gasteiger partial charge in [0.15, 0.2) is 5.82 Å². The van der Waals surface area contributed by atoms with Gasteiger partial charge in [-0.1, -0.05) is 18.2 Å². The lowest BCUT2D eigenvalue weighted by Gasteiger charge is -2.01. The monoisotopic (exact) mass is 267 g/mol. The molecule has 2 heterocycles. The minimum atomic E-state index is -0.151. The van der Waals surface area contributed by atoms with Crippen LogP contribution in [0.2, 0.25) is 0 Å². The number of aromatic amines is 1. The average Bonchev–Trinajstić information content (AvgIpc) is 2.95. The van der Waals surface area contributed by atoms with Crippen LogP contribution in [0.25, 0.3) is 17.2 Å². The molecule has 6 nitrogen and oxygen atoms in total. The van der Waals surface area contributed by atoms with E-state index in [1.54, 1.807) is 20.0 Å². The standard InChI is InChI=1S/C14H13N5O/c1-9-10(2)16-13(17-14(9)20)12-8-15-19(18-12)11-6-4-3-5-7-11/h3-8H,1-2H3,(H,16,17,20). The molecule has 0 radical (unpaired) electrons. The van der Waals surface area contributed by atoms with E-state index in [0.717, 1.165) is 5.69 Å². The zero-order chi connectivity index (χ0) is 14.1. The second-order valence-electron chi connectivity index (χ2n) is 4.48. The van der Waals surface area contributed by atoms with E-state index in [1.165, 1.54) is 4.80 Å². The van der Waals surface area contributed by atoms with Crippen LogP contribution in [-0.4, -0.2) is 25.0 Å². The predicted molar refractivity (Wildman–Crippen MR) is 74.7 cm³/mol. The molecule has 3 aromatic rings. The predicted octanol–water partition coefficient (Wildman–Crippen LogP) is 1.63. The highest BCUT2D eigenvalue weighted by molar-refractivity contribution is 5.47. The molecule has 2 aromatic heterocycles. The lowest BCUT2D eigenvalue weighted by atomic mass is 10.2. The first-order valence-electron chi connectivity index (χ1n) is 6.21. The smallest absolute Gasteiger partial charge is 0.254 e. The lowest BCUT2D eigenvalue weighted by molar-refractivity contribution is 0.752. The molecule has 0 atom stereocenters. The first kappa shape index (κ1) is 12.3. The maximum Gasteiger partial charge on any atom is 0.254 e. The Morgan fingerprint density at radius 2 is 1.90 bits per heavy atom. The van der Waals surface area contributed by atoms with Crippen molar-refractivity contribution in [3.8, 4) is 17.2 Å². The van der Waals surface area contributed by atoms with Gasteiger partial charge in [-0.05, 0) is 26.0 Å². The molecule has 0 aliphatic carbocycles. The number of hydrogen-bond donors (Lipinski definition) is 1. The van der Waals surface area contributed by atoms with E-state index >= 15 is 0 Å². The van der Waals surface area contributed by atoms with Crippen molar-refractivity contribution in [2.24, 2.45) is 0 Å². The minimum Gasteiger partial charge on any atom is -0.305 e. The van der Waals surface area contributed by atoms with Crippen molar-refractivity contribution in [1.29, 1.82) is 0 Å². The van der Waals surface area contributed by atoms with Gasteiger partial charge in [-0.25, -0.2) is 4.98 Å². The Hall–Kier alpha value is -2.76. The maximum absolute atomic E-state index is 11.8. The first-order valence-corrected chi connectivity index (χ1v) is 6.21. The van der Waals surface area contributed by atoms with Crippen LogP contribution in [0.3, 0.4) is 0 Å². The van der Waals surface area contributed by atoms with Crippen LogP contribution in [0.5, 0.6) is 0 Å². The average molecular weight is 267 g/mol. The molecule has 0 aliphatic heterocycles. The topological polar surface area (TPSA) is 76.5 Å². The molecule has 0 bridgehead atoms. The summed E-state index contributed by atoms with van der Waals surface area (Å²) in [4.78, 5) is 20.3. The molecular formula is C14H13N5O. The minimum absolute atomic E-state index is 0.151. The van der Waals surface area contributed by atoms with Gasteiger partial charge in [-0.2, -0.15) is 9.90 Å². The number of H-pyrrole nitrogens is 1. The summed E-state index contributed by atoms with van der Waals surface area (Å²) >= 11 is 0. The molecule has 0 unspecified atom stereocenters. The van der Waals surface area contributed by atoms with Gasteiger partial charge in [0.05, 0.1) is 11.9 Å². The fourth-order valence-corrected chi connectivity index (χ4v) is 1.82. The van der Waals surface area contributed by atoms with E-state index in [1.807, 2.05) is 30.3 Å². The van der Waals surface area contributed by atoms with Crippen LogP contribution >= 0.6 is 0 Å². The molecule has 0 aliphatic rings. The molecule has 1 N–H and O–H groups in total. The van der Waals surface area contributed by atoms with Crippen molar-refractivity contribution in [3.63, 3.8) is 0 Å². The normalized spacial score (nSPS) is 10.7. The molecule has 3 rings (SSSR count). The van der Waals surface area contributed by atoms with Crippen molar-refractivity contribution >= 4 is 0 Å². The highest BCUT2D eigenvalue weighted by atomic mass is 16.1. The van der Waals surface area contributed by atoms with Crippen molar-refractivity contribution in [3.05, 3.63) is 58.1 Å². The number of nitrogens with zero attached hydrogens (tertiary/aromatic N) is 4. The summed E-state index contributed by atoms with van der Waals surface area (Å²) in [5, 5.41) is 8.52. The zero-order valence-electron chi connectivity index (χ0n) is 11.2. The summed E-state index contributed by atoms with van der Waals surface area (Å²) in [7, 11) is 0. The number of aromatic nitrogens is 5. The van der Waals surface area contributed by atoms with Crippen molar-refractivity contribution in [2.45, 2.75) is 13.8 Å². The Morgan fingerprint density at radius 1 is 1.15 bits per heavy atom. The summed E-state index contributed by atoms with van der Waals surface area (Å²) in [6.07, 6.45) is 1.58. The van der Waals surface area contributed by atoms with E-state index in [2.05, 4.69) is 20.2 Å². The van der Waals surface area contributed by atoms with E-state index in [9.17, 15) is 4.79 Å². The van der Waals surface area contributed by atoms with Crippen LogP contribution in [0.1, 0.15) is 11.3 Å². The van der Waals surface area contributed by atoms with Crippen LogP contribution < -0.4 is 5.56 Å². The van der Waals surface area contributed by atoms with Gasteiger partial charge in [0.25, 0.3) is 5.56 Å². The largest absolute Gasteiger partial charge is 0.305 e. The van der Waals surface area contributed by atoms with Gasteiger partial charge < -0.3 is 4.98 Å². The highest BCUT2D eigenvalue weighted by Crippen LogP contribution is 2.12. The molecule has 1 aromatic carbocycles. The summed E-state index contributed by atoms with van der Waals surface area (Å²) < 4.78 is 0. The molecule has 100 valence electrons. The van der Waals surface area contributed by atoms with Gasteiger partial charge in [0, 0.05) is 11.3 Å². The quantitative estimate of drug-likeness (QED) is 0.765. The van der Waals surface area contributed by atoms with Crippen molar-refractivity contribution in [2.75, 3.05) is 0 Å². The summed E-state index contributed by atoms with van der Waals surface area (Å²) in [5.41, 5.74) is 2.54. The second kappa shape index (κ2) is 4.73. The van der Waals surface area contributed by atoms with Crippen LogP contribution in [0, 0.1) is 13.8 Å². The van der Waals surface area contributed by atoms with E-state index in [-0.39, 0.29) is 5.56 Å². The van der Waals surface area contributed by atoms with E-state index in [4.69, 9.17) is 0 Å². The number of benzene rings is 1. The number of aryl methyl sites for hydroxylation is 1. The van der Waals surface area contributed by atoms with Gasteiger partial charge in [0.2, 0.25) is 0 Å². The molecule has 0 fully saturated rings.